The smallest absolute Gasteiger partial charge is 0.0538 e. The topological polar surface area (TPSA) is 26.7 Å². The number of nitrogens with zero attached hydrogens (tertiary/aromatic N) is 2. The fourth-order valence-corrected chi connectivity index (χ4v) is 2.24. The van der Waals surface area contributed by atoms with Gasteiger partial charge in [-0.15, -0.1) is 0 Å². The number of hydrogen-bond acceptors (Lipinski definition) is 3. The van der Waals surface area contributed by atoms with Crippen molar-refractivity contribution in [2.24, 2.45) is 0 Å². The molecule has 0 saturated heterocycles. The summed E-state index contributed by atoms with van der Waals surface area (Å²) in [6.45, 7) is 15.7. The number of aliphatic hydroxyl groups excluding tert-OH is 1. The maximum absolute atomic E-state index is 9.53. The molecule has 0 saturated carbocycles. The van der Waals surface area contributed by atoms with Crippen molar-refractivity contribution in [1.29, 1.82) is 0 Å². The molecule has 0 heterocycles. The van der Waals surface area contributed by atoms with Crippen molar-refractivity contribution < 1.29 is 5.11 Å². The van der Waals surface area contributed by atoms with Gasteiger partial charge < -0.3 is 14.9 Å². The van der Waals surface area contributed by atoms with Gasteiger partial charge in [-0.25, -0.2) is 0 Å². The Balaban J connectivity index is 3.63. The van der Waals surface area contributed by atoms with Crippen molar-refractivity contribution in [3.63, 3.8) is 0 Å². The molecule has 0 aliphatic heterocycles. The molecule has 0 radical (unpaired) electrons. The molecular formula is C15H34N2O. The zero-order chi connectivity index (χ0) is 13.8. The van der Waals surface area contributed by atoms with E-state index in [1.165, 1.54) is 19.5 Å². The monoisotopic (exact) mass is 258 g/mol. The van der Waals surface area contributed by atoms with E-state index in [0.29, 0.717) is 0 Å². The van der Waals surface area contributed by atoms with Crippen molar-refractivity contribution in [3.05, 3.63) is 0 Å². The second-order valence-corrected chi connectivity index (χ2v) is 5.02. The van der Waals surface area contributed by atoms with Gasteiger partial charge in [-0.2, -0.15) is 0 Å². The third-order valence-electron chi connectivity index (χ3n) is 3.77. The molecule has 0 aromatic carbocycles. The Labute approximate surface area is 114 Å². The minimum atomic E-state index is -0.0978. The molecule has 110 valence electrons. The number of hydrogen-bond donors (Lipinski definition) is 1. The second kappa shape index (κ2) is 11.9. The highest BCUT2D eigenvalue weighted by molar-refractivity contribution is 4.61. The fraction of sp³-hybridized carbons (Fsp3) is 1.00. The molecule has 1 N–H and O–H groups in total. The van der Waals surface area contributed by atoms with Gasteiger partial charge in [-0.3, -0.25) is 0 Å². The SMILES string of the molecule is CCC(O)CCCN(CC)CCCN(CC)CC. The standard InChI is InChI=1S/C15H34N2O/c1-5-15(18)11-9-12-17(8-4)14-10-13-16(6-2)7-3/h15,18H,5-14H2,1-4H3. The Morgan fingerprint density at radius 1 is 0.778 bits per heavy atom. The summed E-state index contributed by atoms with van der Waals surface area (Å²) < 4.78 is 0. The highest BCUT2D eigenvalue weighted by atomic mass is 16.3. The van der Waals surface area contributed by atoms with E-state index >= 15 is 0 Å². The largest absolute Gasteiger partial charge is 0.393 e. The van der Waals surface area contributed by atoms with Crippen LogP contribution in [0.2, 0.25) is 0 Å². The van der Waals surface area contributed by atoms with E-state index < -0.39 is 0 Å². The lowest BCUT2D eigenvalue weighted by atomic mass is 10.1. The number of aliphatic hydroxyl groups is 1. The molecule has 0 spiro atoms. The quantitative estimate of drug-likeness (QED) is 0.583. The predicted molar refractivity (Wildman–Crippen MR) is 80.1 cm³/mol. The minimum absolute atomic E-state index is 0.0978. The van der Waals surface area contributed by atoms with Crippen LogP contribution >= 0.6 is 0 Å². The average molecular weight is 258 g/mol. The van der Waals surface area contributed by atoms with Crippen molar-refractivity contribution in [2.45, 2.75) is 59.5 Å². The zero-order valence-electron chi connectivity index (χ0n) is 13.0. The lowest BCUT2D eigenvalue weighted by Gasteiger charge is -2.23. The highest BCUT2D eigenvalue weighted by Crippen LogP contribution is 2.03. The van der Waals surface area contributed by atoms with Crippen molar-refractivity contribution >= 4 is 0 Å². The van der Waals surface area contributed by atoms with Crippen LogP contribution in [0.3, 0.4) is 0 Å². The van der Waals surface area contributed by atoms with Crippen LogP contribution in [0.25, 0.3) is 0 Å². The lowest BCUT2D eigenvalue weighted by molar-refractivity contribution is 0.149. The Morgan fingerprint density at radius 2 is 1.28 bits per heavy atom. The first-order chi connectivity index (χ1) is 8.67. The molecule has 0 aromatic rings. The maximum atomic E-state index is 9.53. The Kier molecular flexibility index (Phi) is 11.9. The molecule has 0 aromatic heterocycles. The van der Waals surface area contributed by atoms with E-state index in [9.17, 15) is 5.11 Å². The molecule has 0 amide bonds. The van der Waals surface area contributed by atoms with Crippen LogP contribution in [0, 0.1) is 0 Å². The first kappa shape index (κ1) is 17.9. The fourth-order valence-electron chi connectivity index (χ4n) is 2.24. The summed E-state index contributed by atoms with van der Waals surface area (Å²) in [6.07, 6.45) is 4.11. The summed E-state index contributed by atoms with van der Waals surface area (Å²) in [5.41, 5.74) is 0. The van der Waals surface area contributed by atoms with E-state index in [2.05, 4.69) is 30.6 Å². The van der Waals surface area contributed by atoms with Crippen LogP contribution in [0.5, 0.6) is 0 Å². The minimum Gasteiger partial charge on any atom is -0.393 e. The van der Waals surface area contributed by atoms with Gasteiger partial charge in [0.15, 0.2) is 0 Å². The molecule has 3 heteroatoms. The van der Waals surface area contributed by atoms with Crippen molar-refractivity contribution in [3.8, 4) is 0 Å². The summed E-state index contributed by atoms with van der Waals surface area (Å²) in [7, 11) is 0. The summed E-state index contributed by atoms with van der Waals surface area (Å²) in [5, 5.41) is 9.53. The molecule has 0 fully saturated rings. The summed E-state index contributed by atoms with van der Waals surface area (Å²) >= 11 is 0. The molecule has 1 unspecified atom stereocenters. The molecule has 1 atom stereocenters. The third-order valence-corrected chi connectivity index (χ3v) is 3.77. The first-order valence-electron chi connectivity index (χ1n) is 7.80. The molecule has 0 aliphatic carbocycles. The van der Waals surface area contributed by atoms with Gasteiger partial charge >= 0.3 is 0 Å². The molecule has 18 heavy (non-hydrogen) atoms. The van der Waals surface area contributed by atoms with Crippen LogP contribution in [0.1, 0.15) is 53.4 Å². The highest BCUT2D eigenvalue weighted by Gasteiger charge is 2.06. The number of rotatable bonds is 12. The van der Waals surface area contributed by atoms with Crippen LogP contribution in [-0.2, 0) is 0 Å². The first-order valence-corrected chi connectivity index (χ1v) is 7.80. The van der Waals surface area contributed by atoms with Gasteiger partial charge in [-0.05, 0) is 65.0 Å². The van der Waals surface area contributed by atoms with Gasteiger partial charge in [0.1, 0.15) is 0 Å². The average Bonchev–Trinajstić information content (AvgIpc) is 2.41. The summed E-state index contributed by atoms with van der Waals surface area (Å²) in [5.74, 6) is 0. The van der Waals surface area contributed by atoms with Crippen molar-refractivity contribution in [2.75, 3.05) is 39.3 Å². The molecule has 0 rings (SSSR count). The maximum Gasteiger partial charge on any atom is 0.0538 e. The second-order valence-electron chi connectivity index (χ2n) is 5.02. The Hall–Kier alpha value is -0.120. The lowest BCUT2D eigenvalue weighted by Crippen LogP contribution is -2.31. The molecule has 3 nitrogen and oxygen atoms in total. The van der Waals surface area contributed by atoms with Crippen LogP contribution < -0.4 is 0 Å². The van der Waals surface area contributed by atoms with Gasteiger partial charge in [0, 0.05) is 0 Å². The van der Waals surface area contributed by atoms with E-state index in [4.69, 9.17) is 0 Å². The van der Waals surface area contributed by atoms with Crippen LogP contribution in [0.4, 0.5) is 0 Å². The normalized spacial score (nSPS) is 13.5. The van der Waals surface area contributed by atoms with Crippen LogP contribution in [-0.4, -0.2) is 60.3 Å². The van der Waals surface area contributed by atoms with Gasteiger partial charge in [0.25, 0.3) is 0 Å². The predicted octanol–water partition coefficient (Wildman–Crippen LogP) is 2.59. The molecule has 0 bridgehead atoms. The van der Waals surface area contributed by atoms with E-state index in [1.807, 2.05) is 6.92 Å². The van der Waals surface area contributed by atoms with Crippen LogP contribution in [0.15, 0.2) is 0 Å². The van der Waals surface area contributed by atoms with Gasteiger partial charge in [-0.1, -0.05) is 27.7 Å². The molecule has 0 aliphatic rings. The summed E-state index contributed by atoms with van der Waals surface area (Å²) in [4.78, 5) is 4.99. The van der Waals surface area contributed by atoms with E-state index in [-0.39, 0.29) is 6.10 Å². The zero-order valence-corrected chi connectivity index (χ0v) is 13.0. The third kappa shape index (κ3) is 8.90. The van der Waals surface area contributed by atoms with E-state index in [1.54, 1.807) is 0 Å². The van der Waals surface area contributed by atoms with Gasteiger partial charge in [0.05, 0.1) is 6.10 Å². The Bertz CT molecular complexity index is 172. The summed E-state index contributed by atoms with van der Waals surface area (Å²) in [6, 6.07) is 0. The molecular weight excluding hydrogens is 224 g/mol. The van der Waals surface area contributed by atoms with E-state index in [0.717, 1.165) is 45.4 Å². The van der Waals surface area contributed by atoms with Crippen molar-refractivity contribution in [1.82, 2.24) is 9.80 Å². The van der Waals surface area contributed by atoms with Gasteiger partial charge in [0.2, 0.25) is 0 Å². The Morgan fingerprint density at radius 3 is 1.78 bits per heavy atom.